The van der Waals surface area contributed by atoms with Crippen LogP contribution in [0.2, 0.25) is 5.02 Å². The van der Waals surface area contributed by atoms with Crippen LogP contribution in [0.1, 0.15) is 11.6 Å². The Morgan fingerprint density at radius 1 is 1.10 bits per heavy atom. The van der Waals surface area contributed by atoms with Crippen molar-refractivity contribution < 1.29 is 14.3 Å². The van der Waals surface area contributed by atoms with Crippen LogP contribution in [0.15, 0.2) is 65.9 Å². The number of nitrogens with one attached hydrogen (secondary N) is 2. The van der Waals surface area contributed by atoms with Crippen LogP contribution in [0, 0.1) is 0 Å². The van der Waals surface area contributed by atoms with E-state index in [1.807, 2.05) is 48.5 Å². The number of nitrogens with zero attached hydrogens (tertiary/aromatic N) is 2. The van der Waals surface area contributed by atoms with Crippen molar-refractivity contribution in [3.05, 3.63) is 76.5 Å². The summed E-state index contributed by atoms with van der Waals surface area (Å²) in [5.41, 5.74) is 2.95. The average Bonchev–Trinajstić information content (AvgIpc) is 2.79. The summed E-state index contributed by atoms with van der Waals surface area (Å²) in [7, 11) is 1.36. The van der Waals surface area contributed by atoms with Crippen molar-refractivity contribution in [2.45, 2.75) is 6.04 Å². The van der Waals surface area contributed by atoms with Crippen molar-refractivity contribution in [2.24, 2.45) is 0 Å². The van der Waals surface area contributed by atoms with Crippen LogP contribution in [0.4, 0.5) is 10.5 Å². The summed E-state index contributed by atoms with van der Waals surface area (Å²) in [6.07, 6.45) is 0. The minimum absolute atomic E-state index is 0.325. The Kier molecular flexibility index (Phi) is 6.44. The van der Waals surface area contributed by atoms with Crippen LogP contribution in [0.5, 0.6) is 0 Å². The number of hydrogen-bond acceptors (Lipinski definition) is 5. The second kappa shape index (κ2) is 9.41. The molecule has 1 fully saturated rings. The van der Waals surface area contributed by atoms with Gasteiger partial charge >= 0.3 is 12.0 Å². The third kappa shape index (κ3) is 4.84. The predicted octanol–water partition coefficient (Wildman–Crippen LogP) is 2.94. The molecule has 0 saturated carbocycles. The van der Waals surface area contributed by atoms with Crippen LogP contribution >= 0.6 is 11.6 Å². The van der Waals surface area contributed by atoms with Crippen molar-refractivity contribution >= 4 is 29.3 Å². The average molecular weight is 441 g/mol. The molecule has 0 bridgehead atoms. The van der Waals surface area contributed by atoms with Crippen LogP contribution in [-0.2, 0) is 9.53 Å². The van der Waals surface area contributed by atoms with Crippen LogP contribution < -0.4 is 15.5 Å². The molecular weight excluding hydrogens is 416 g/mol. The highest BCUT2D eigenvalue weighted by atomic mass is 35.5. The van der Waals surface area contributed by atoms with Gasteiger partial charge in [-0.3, -0.25) is 4.90 Å². The number of halogens is 1. The molecule has 2 amide bonds. The van der Waals surface area contributed by atoms with Crippen molar-refractivity contribution in [3.63, 3.8) is 0 Å². The highest BCUT2D eigenvalue weighted by Crippen LogP contribution is 2.28. The molecule has 162 valence electrons. The maximum absolute atomic E-state index is 12.7. The van der Waals surface area contributed by atoms with E-state index in [-0.39, 0.29) is 6.03 Å². The van der Waals surface area contributed by atoms with E-state index < -0.39 is 12.0 Å². The quantitative estimate of drug-likeness (QED) is 0.699. The molecule has 2 aromatic carbocycles. The van der Waals surface area contributed by atoms with Crippen molar-refractivity contribution in [1.82, 2.24) is 15.5 Å². The summed E-state index contributed by atoms with van der Waals surface area (Å²) in [5.74, 6) is -0.450. The van der Waals surface area contributed by atoms with Gasteiger partial charge in [-0.2, -0.15) is 0 Å². The van der Waals surface area contributed by atoms with E-state index in [0.29, 0.717) is 17.8 Å². The number of esters is 1. The topological polar surface area (TPSA) is 73.9 Å². The summed E-state index contributed by atoms with van der Waals surface area (Å²) < 4.78 is 5.05. The van der Waals surface area contributed by atoms with E-state index in [4.69, 9.17) is 16.3 Å². The van der Waals surface area contributed by atoms with Gasteiger partial charge in [0.05, 0.1) is 18.7 Å². The number of rotatable bonds is 5. The molecule has 2 heterocycles. The molecule has 2 N–H and O–H groups in total. The predicted molar refractivity (Wildman–Crippen MR) is 120 cm³/mol. The van der Waals surface area contributed by atoms with Gasteiger partial charge in [0.15, 0.2) is 0 Å². The molecule has 7 nitrogen and oxygen atoms in total. The number of anilines is 1. The molecule has 0 aliphatic carbocycles. The van der Waals surface area contributed by atoms with E-state index in [0.717, 1.165) is 42.5 Å². The van der Waals surface area contributed by atoms with Crippen molar-refractivity contribution in [3.8, 4) is 0 Å². The fourth-order valence-corrected chi connectivity index (χ4v) is 4.23. The Morgan fingerprint density at radius 3 is 2.52 bits per heavy atom. The fourth-order valence-electron chi connectivity index (χ4n) is 4.05. The zero-order chi connectivity index (χ0) is 21.8. The van der Waals surface area contributed by atoms with Gasteiger partial charge in [0.25, 0.3) is 0 Å². The van der Waals surface area contributed by atoms with Crippen molar-refractivity contribution in [1.29, 1.82) is 0 Å². The second-order valence-electron chi connectivity index (χ2n) is 7.57. The molecule has 1 saturated heterocycles. The van der Waals surface area contributed by atoms with E-state index in [1.165, 1.54) is 7.11 Å². The lowest BCUT2D eigenvalue weighted by Crippen LogP contribution is -2.51. The zero-order valence-electron chi connectivity index (χ0n) is 17.3. The van der Waals surface area contributed by atoms with Crippen LogP contribution in [0.25, 0.3) is 0 Å². The number of methoxy groups -OCH3 is 1. The van der Waals surface area contributed by atoms with Gasteiger partial charge in [0.2, 0.25) is 0 Å². The molecule has 4 rings (SSSR count). The number of amides is 2. The number of piperazine rings is 1. The summed E-state index contributed by atoms with van der Waals surface area (Å²) >= 11 is 6.13. The minimum Gasteiger partial charge on any atom is -0.466 e. The van der Waals surface area contributed by atoms with Gasteiger partial charge < -0.3 is 20.3 Å². The van der Waals surface area contributed by atoms with Crippen molar-refractivity contribution in [2.75, 3.05) is 44.7 Å². The van der Waals surface area contributed by atoms with E-state index in [9.17, 15) is 9.59 Å². The molecule has 2 aliphatic heterocycles. The molecule has 0 aromatic heterocycles. The van der Waals surface area contributed by atoms with E-state index in [2.05, 4.69) is 26.5 Å². The number of carbonyl (C=O) groups excluding carboxylic acids is 2. The Balaban J connectivity index is 1.53. The molecule has 2 aromatic rings. The molecule has 2 aliphatic rings. The highest BCUT2D eigenvalue weighted by Gasteiger charge is 2.34. The first-order chi connectivity index (χ1) is 15.0. The summed E-state index contributed by atoms with van der Waals surface area (Å²) in [6.45, 7) is 3.71. The SMILES string of the molecule is COC(=O)C1=C(CN2CCN(c3cccc(Cl)c3)CC2)NC(=O)N[C@@H]1c1ccccc1. The largest absolute Gasteiger partial charge is 0.466 e. The van der Waals surface area contributed by atoms with E-state index >= 15 is 0 Å². The maximum atomic E-state index is 12.7. The number of urea groups is 1. The fraction of sp³-hybridized carbons (Fsp3) is 0.304. The third-order valence-corrected chi connectivity index (χ3v) is 5.85. The summed E-state index contributed by atoms with van der Waals surface area (Å²) in [6, 6.07) is 16.4. The molecule has 31 heavy (non-hydrogen) atoms. The second-order valence-corrected chi connectivity index (χ2v) is 8.01. The number of benzene rings is 2. The normalized spacial score (nSPS) is 19.6. The highest BCUT2D eigenvalue weighted by molar-refractivity contribution is 6.30. The van der Waals surface area contributed by atoms with Gasteiger partial charge in [-0.05, 0) is 23.8 Å². The first-order valence-corrected chi connectivity index (χ1v) is 10.6. The minimum atomic E-state index is -0.551. The lowest BCUT2D eigenvalue weighted by Gasteiger charge is -2.38. The monoisotopic (exact) mass is 440 g/mol. The van der Waals surface area contributed by atoms with Crippen LogP contribution in [0.3, 0.4) is 0 Å². The lowest BCUT2D eigenvalue weighted by atomic mass is 9.95. The van der Waals surface area contributed by atoms with Gasteiger partial charge in [-0.25, -0.2) is 9.59 Å². The Hall–Kier alpha value is -3.03. The molecule has 0 unspecified atom stereocenters. The zero-order valence-corrected chi connectivity index (χ0v) is 18.1. The van der Waals surface area contributed by atoms with Gasteiger partial charge in [0, 0.05) is 49.1 Å². The Labute approximate surface area is 186 Å². The first-order valence-electron chi connectivity index (χ1n) is 10.2. The van der Waals surface area contributed by atoms with Gasteiger partial charge in [-0.1, -0.05) is 48.0 Å². The maximum Gasteiger partial charge on any atom is 0.338 e. The number of carbonyl (C=O) groups is 2. The Morgan fingerprint density at radius 2 is 1.84 bits per heavy atom. The number of ether oxygens (including phenoxy) is 1. The molecule has 0 radical (unpaired) electrons. The summed E-state index contributed by atoms with van der Waals surface area (Å²) in [4.78, 5) is 29.6. The standard InChI is InChI=1S/C23H25ClN4O3/c1-31-22(29)20-19(25-23(30)26-21(20)16-6-3-2-4-7-16)15-27-10-12-28(13-11-27)18-9-5-8-17(24)14-18/h2-9,14,21H,10-13,15H2,1H3,(H2,25,26,30)/t21-/m1/s1. The summed E-state index contributed by atoms with van der Waals surface area (Å²) in [5, 5.41) is 6.41. The molecular formula is C23H25ClN4O3. The van der Waals surface area contributed by atoms with E-state index in [1.54, 1.807) is 0 Å². The molecule has 1 atom stereocenters. The first kappa shape index (κ1) is 21.2. The lowest BCUT2D eigenvalue weighted by molar-refractivity contribution is -0.136. The van der Waals surface area contributed by atoms with Crippen LogP contribution in [-0.4, -0.2) is 56.7 Å². The Bertz CT molecular complexity index is 987. The molecule has 8 heteroatoms. The van der Waals surface area contributed by atoms with Gasteiger partial charge in [-0.15, -0.1) is 0 Å². The smallest absolute Gasteiger partial charge is 0.338 e. The third-order valence-electron chi connectivity index (χ3n) is 5.62. The number of hydrogen-bond donors (Lipinski definition) is 2. The van der Waals surface area contributed by atoms with Gasteiger partial charge in [0.1, 0.15) is 0 Å². The molecule has 0 spiro atoms.